The zero-order valence-electron chi connectivity index (χ0n) is 19.2. The molecule has 0 radical (unpaired) electrons. The molecule has 0 aromatic heterocycles. The van der Waals surface area contributed by atoms with Gasteiger partial charge in [-0.2, -0.15) is 0 Å². The number of hydrogen-bond donors (Lipinski definition) is 0. The Balaban J connectivity index is 1.77. The third kappa shape index (κ3) is 11.2. The molecule has 0 bridgehead atoms. The molecule has 3 rings (SSSR count). The molecule has 8 heteroatoms. The Morgan fingerprint density at radius 3 is 1.63 bits per heavy atom. The molecule has 0 saturated heterocycles. The van der Waals surface area contributed by atoms with Crippen molar-refractivity contribution in [2.24, 2.45) is 0 Å². The first-order valence-corrected chi connectivity index (χ1v) is 19.4. The van der Waals surface area contributed by atoms with Gasteiger partial charge in [0.05, 0.1) is 26.4 Å². The molecule has 0 aliphatic rings. The van der Waals surface area contributed by atoms with Crippen molar-refractivity contribution in [2.45, 2.75) is 38.1 Å². The van der Waals surface area contributed by atoms with E-state index in [4.69, 9.17) is 18.4 Å². The van der Waals surface area contributed by atoms with E-state index in [1.165, 1.54) is 11.7 Å². The highest BCUT2D eigenvalue weighted by atomic mass is 127. The van der Waals surface area contributed by atoms with E-state index in [2.05, 4.69) is 74.9 Å². The molecule has 186 valence electrons. The predicted octanol–water partition coefficient (Wildman–Crippen LogP) is 8.69. The lowest BCUT2D eigenvalue weighted by Crippen LogP contribution is -2.44. The number of rotatable bonds is 16. The van der Waals surface area contributed by atoms with Gasteiger partial charge in [-0.3, -0.25) is 0 Å². The lowest BCUT2D eigenvalue weighted by Gasteiger charge is -2.32. The molecule has 0 fully saturated rings. The van der Waals surface area contributed by atoms with E-state index in [1.807, 2.05) is 66.7 Å². The summed E-state index contributed by atoms with van der Waals surface area (Å²) in [5.74, 6) is 0. The van der Waals surface area contributed by atoms with Gasteiger partial charge < -0.3 is 18.4 Å². The molecule has 0 aliphatic carbocycles. The molecule has 3 aromatic rings. The Kier molecular flexibility index (Phi) is 14.2. The van der Waals surface area contributed by atoms with Crippen molar-refractivity contribution in [3.63, 3.8) is 0 Å². The minimum Gasteiger partial charge on any atom is -0.368 e. The van der Waals surface area contributed by atoms with E-state index in [1.54, 1.807) is 6.08 Å². The van der Waals surface area contributed by atoms with Crippen molar-refractivity contribution in [1.82, 2.24) is 0 Å². The monoisotopic (exact) mass is 734 g/mol. The second kappa shape index (κ2) is 17.1. The Morgan fingerprint density at radius 1 is 0.714 bits per heavy atom. The highest BCUT2D eigenvalue weighted by Crippen LogP contribution is 2.65. The van der Waals surface area contributed by atoms with Crippen LogP contribution in [0.2, 0.25) is 0 Å². The van der Waals surface area contributed by atoms with Gasteiger partial charge in [-0.1, -0.05) is 97.1 Å². The second-order valence-corrected chi connectivity index (χ2v) is 25.2. The summed E-state index contributed by atoms with van der Waals surface area (Å²) in [5, 5.41) is 0. The molecule has 3 atom stereocenters. The van der Waals surface area contributed by atoms with E-state index < -0.39 is 6.10 Å². The van der Waals surface area contributed by atoms with Crippen LogP contribution in [-0.4, -0.2) is 24.9 Å². The average molecular weight is 734 g/mol. The van der Waals surface area contributed by atoms with Crippen LogP contribution in [-0.2, 0) is 38.2 Å². The van der Waals surface area contributed by atoms with Crippen molar-refractivity contribution in [2.75, 3.05) is 6.61 Å². The molecule has 3 aromatic carbocycles. The summed E-state index contributed by atoms with van der Waals surface area (Å²) >= 11 is 6.24. The second-order valence-electron chi connectivity index (χ2n) is 7.65. The highest BCUT2D eigenvalue weighted by molar-refractivity contribution is 14.3. The van der Waals surface area contributed by atoms with Crippen LogP contribution in [0.1, 0.15) is 16.7 Å². The smallest absolute Gasteiger partial charge is 0.116 e. The Labute approximate surface area is 239 Å². The summed E-state index contributed by atoms with van der Waals surface area (Å²) in [7, 11) is 0. The zero-order chi connectivity index (χ0) is 24.7. The number of hydrogen-bond acceptors (Lipinski definition) is 5. The molecule has 0 heterocycles. The molecule has 0 amide bonds. The fraction of sp³-hybridized carbons (Fsp3) is 0.259. The van der Waals surface area contributed by atoms with Crippen molar-refractivity contribution < 1.29 is 18.4 Å². The SMILES string of the molecule is C=C[C@H](OCc1ccccc1)[C@H](OCc1ccccc1)[C@@H](COSP(I)I)OCc1ccccc1. The summed E-state index contributed by atoms with van der Waals surface area (Å²) < 4.78 is 24.8. The largest absolute Gasteiger partial charge is 0.368 e. The van der Waals surface area contributed by atoms with Gasteiger partial charge in [-0.25, -0.2) is 0 Å². The average Bonchev–Trinajstić information content (AvgIpc) is 2.90. The van der Waals surface area contributed by atoms with Gasteiger partial charge in [-0.05, 0) is 60.8 Å². The molecule has 0 saturated carbocycles. The van der Waals surface area contributed by atoms with Crippen molar-refractivity contribution in [3.8, 4) is 0 Å². The standard InChI is InChI=1S/C27H29I2O4PS/c1-2-25(30-18-22-12-6-3-7-13-22)27(32-20-24-16-10-5-11-17-24)26(21-33-35-34(28)29)31-19-23-14-8-4-9-15-23/h2-17,25-27H,1,18-21H2/t25-,26+,27-/m0/s1. The van der Waals surface area contributed by atoms with Crippen LogP contribution in [0.15, 0.2) is 104 Å². The Hall–Kier alpha value is -0.520. The maximum absolute atomic E-state index is 6.47. The quantitative estimate of drug-likeness (QED) is 0.0638. The van der Waals surface area contributed by atoms with Gasteiger partial charge in [0.2, 0.25) is 0 Å². The zero-order valence-corrected chi connectivity index (χ0v) is 25.3. The van der Waals surface area contributed by atoms with Crippen molar-refractivity contribution in [3.05, 3.63) is 120 Å². The first-order valence-electron chi connectivity index (χ1n) is 11.2. The molecule has 0 aliphatic heterocycles. The predicted molar refractivity (Wildman–Crippen MR) is 164 cm³/mol. The van der Waals surface area contributed by atoms with E-state index in [-0.39, 0.29) is 14.6 Å². The van der Waals surface area contributed by atoms with Gasteiger partial charge in [0.15, 0.2) is 0 Å². The van der Waals surface area contributed by atoms with Crippen LogP contribution in [0.4, 0.5) is 0 Å². The van der Waals surface area contributed by atoms with E-state index in [0.717, 1.165) is 16.7 Å². The summed E-state index contributed by atoms with van der Waals surface area (Å²) in [6.45, 7) is 5.78. The molecular weight excluding hydrogens is 705 g/mol. The maximum atomic E-state index is 6.47. The fourth-order valence-corrected chi connectivity index (χ4v) is 6.14. The van der Waals surface area contributed by atoms with Crippen LogP contribution in [0.25, 0.3) is 0 Å². The minimum atomic E-state index is -0.407. The summed E-state index contributed by atoms with van der Waals surface area (Å²) in [6.07, 6.45) is 0.658. The topological polar surface area (TPSA) is 36.9 Å². The molecule has 35 heavy (non-hydrogen) atoms. The van der Waals surface area contributed by atoms with Gasteiger partial charge in [0, 0.05) is 11.7 Å². The van der Waals surface area contributed by atoms with E-state index >= 15 is 0 Å². The molecule has 0 unspecified atom stereocenters. The lowest BCUT2D eigenvalue weighted by atomic mass is 10.1. The minimum absolute atomic E-state index is 0.317. The lowest BCUT2D eigenvalue weighted by molar-refractivity contribution is -0.145. The molecule has 0 N–H and O–H groups in total. The first kappa shape index (κ1) is 29.0. The summed E-state index contributed by atoms with van der Waals surface area (Å²) in [6, 6.07) is 30.4. The maximum Gasteiger partial charge on any atom is 0.116 e. The highest BCUT2D eigenvalue weighted by Gasteiger charge is 2.31. The van der Waals surface area contributed by atoms with Crippen molar-refractivity contribution >= 4 is 58.2 Å². The van der Waals surface area contributed by atoms with Crippen molar-refractivity contribution in [1.29, 1.82) is 0 Å². The van der Waals surface area contributed by atoms with Gasteiger partial charge in [-0.15, -0.1) is 6.58 Å². The van der Waals surface area contributed by atoms with E-state index in [9.17, 15) is 0 Å². The normalized spacial score (nSPS) is 13.9. The Morgan fingerprint density at radius 2 is 1.17 bits per heavy atom. The van der Waals surface area contributed by atoms with Crippen LogP contribution in [0, 0.1) is 0 Å². The molecule has 0 spiro atoms. The number of halogens is 2. The molecular formula is C27H29I2O4PS. The van der Waals surface area contributed by atoms with Crippen LogP contribution < -0.4 is 0 Å². The van der Waals surface area contributed by atoms with Gasteiger partial charge in [0.1, 0.15) is 20.7 Å². The van der Waals surface area contributed by atoms with Crippen LogP contribution in [0.3, 0.4) is 0 Å². The molecule has 4 nitrogen and oxygen atoms in total. The third-order valence-corrected chi connectivity index (χ3v) is 9.04. The summed E-state index contributed by atoms with van der Waals surface area (Å²) in [5.41, 5.74) is 3.27. The van der Waals surface area contributed by atoms with Gasteiger partial charge in [0.25, 0.3) is 0 Å². The van der Waals surface area contributed by atoms with Gasteiger partial charge >= 0.3 is 0 Å². The van der Waals surface area contributed by atoms with Crippen LogP contribution >= 0.6 is 58.2 Å². The third-order valence-electron chi connectivity index (χ3n) is 5.14. The summed E-state index contributed by atoms with van der Waals surface area (Å²) in [4.78, 5) is 0. The van der Waals surface area contributed by atoms with Crippen LogP contribution in [0.5, 0.6) is 0 Å². The van der Waals surface area contributed by atoms with E-state index in [0.29, 0.717) is 26.4 Å². The number of ether oxygens (including phenoxy) is 3. The first-order chi connectivity index (χ1) is 17.2. The fourth-order valence-electron chi connectivity index (χ4n) is 3.40. The number of benzene rings is 3. The Bertz CT molecular complexity index is 967.